The number of nitrogen functional groups attached to an aromatic ring is 1. The van der Waals surface area contributed by atoms with Gasteiger partial charge in [0.05, 0.1) is 0 Å². The lowest BCUT2D eigenvalue weighted by Crippen LogP contribution is -2.71. The second-order valence-electron chi connectivity index (χ2n) is 8.07. The zero-order valence-electron chi connectivity index (χ0n) is 16.5. The summed E-state index contributed by atoms with van der Waals surface area (Å²) >= 11 is 2.53. The molecule has 1 aromatic heterocycles. The standard InChI is InChI=1S/C18H23N5O5S2/c1-18(2)12(16(26)27)23-14(25)11(15(23)30-18)21-13(24)10(9-7-29-17(19)20-9)22-28-8-5-3-4-6-8/h7-8,11-12,15H,3-6H2,1-2H3,(H2,19,20)(H,21,24)(H,26,27)/b22-10+/t11-,12+,15-/m1/s1. The molecule has 30 heavy (non-hydrogen) atoms. The number of oxime groups is 1. The number of hydrogen-bond acceptors (Lipinski definition) is 9. The molecule has 3 atom stereocenters. The van der Waals surface area contributed by atoms with Gasteiger partial charge in [0.1, 0.15) is 29.3 Å². The Labute approximate surface area is 181 Å². The number of aliphatic carboxylic acids is 1. The minimum atomic E-state index is -1.06. The number of rotatable bonds is 6. The minimum absolute atomic E-state index is 0.0434. The Kier molecular flexibility index (Phi) is 5.39. The molecule has 0 bridgehead atoms. The number of carboxylic acids is 1. The molecule has 1 aromatic rings. The normalized spacial score (nSPS) is 28.2. The number of nitrogens with zero attached hydrogens (tertiary/aromatic N) is 3. The van der Waals surface area contributed by atoms with Gasteiger partial charge in [-0.05, 0) is 39.5 Å². The van der Waals surface area contributed by atoms with Crippen molar-refractivity contribution in [2.75, 3.05) is 5.73 Å². The van der Waals surface area contributed by atoms with Crippen LogP contribution in [0.15, 0.2) is 10.5 Å². The van der Waals surface area contributed by atoms with Crippen LogP contribution in [-0.4, -0.2) is 66.8 Å². The van der Waals surface area contributed by atoms with E-state index in [2.05, 4.69) is 15.5 Å². The first-order chi connectivity index (χ1) is 14.2. The number of thiazole rings is 1. The van der Waals surface area contributed by atoms with E-state index >= 15 is 0 Å². The Hall–Kier alpha value is -2.34. The molecule has 1 saturated carbocycles. The number of fused-ring (bicyclic) bond motifs is 1. The number of hydrogen-bond donors (Lipinski definition) is 3. The van der Waals surface area contributed by atoms with Gasteiger partial charge in [-0.2, -0.15) is 0 Å². The van der Waals surface area contributed by atoms with Crippen LogP contribution >= 0.6 is 23.1 Å². The van der Waals surface area contributed by atoms with Gasteiger partial charge in [0.15, 0.2) is 10.8 Å². The average molecular weight is 454 g/mol. The first-order valence-electron chi connectivity index (χ1n) is 9.68. The topological polar surface area (TPSA) is 147 Å². The second kappa shape index (κ2) is 7.73. The van der Waals surface area contributed by atoms with E-state index in [0.29, 0.717) is 0 Å². The highest BCUT2D eigenvalue weighted by atomic mass is 32.2. The Morgan fingerprint density at radius 3 is 2.70 bits per heavy atom. The summed E-state index contributed by atoms with van der Waals surface area (Å²) in [7, 11) is 0. The summed E-state index contributed by atoms with van der Waals surface area (Å²) in [5.41, 5.74) is 5.93. The molecule has 1 aliphatic carbocycles. The lowest BCUT2D eigenvalue weighted by atomic mass is 9.96. The van der Waals surface area contributed by atoms with Crippen LogP contribution in [0.4, 0.5) is 5.13 Å². The molecule has 4 rings (SSSR count). The highest BCUT2D eigenvalue weighted by Gasteiger charge is 2.64. The largest absolute Gasteiger partial charge is 0.480 e. The van der Waals surface area contributed by atoms with Gasteiger partial charge in [-0.15, -0.1) is 23.1 Å². The zero-order chi connectivity index (χ0) is 21.6. The van der Waals surface area contributed by atoms with Crippen LogP contribution in [0.5, 0.6) is 0 Å². The Morgan fingerprint density at radius 2 is 2.10 bits per heavy atom. The molecule has 12 heteroatoms. The van der Waals surface area contributed by atoms with Gasteiger partial charge in [-0.3, -0.25) is 9.59 Å². The molecule has 3 heterocycles. The number of β-lactam (4-membered cyclic amide) rings is 1. The quantitative estimate of drug-likeness (QED) is 0.329. The van der Waals surface area contributed by atoms with E-state index in [0.717, 1.165) is 25.7 Å². The van der Waals surface area contributed by atoms with E-state index in [1.54, 1.807) is 19.2 Å². The monoisotopic (exact) mass is 453 g/mol. The molecule has 2 aliphatic heterocycles. The zero-order valence-corrected chi connectivity index (χ0v) is 18.2. The van der Waals surface area contributed by atoms with Gasteiger partial charge in [-0.25, -0.2) is 9.78 Å². The van der Waals surface area contributed by atoms with Gasteiger partial charge in [0.2, 0.25) is 5.91 Å². The SMILES string of the molecule is CC1(C)S[C@@H]2[C@H](NC(=O)/C(=N/OC3CCCC3)c3csc(N)n3)C(=O)N2[C@H]1C(=O)O. The average Bonchev–Trinajstić information content (AvgIpc) is 3.38. The van der Waals surface area contributed by atoms with Crippen molar-refractivity contribution < 1.29 is 24.3 Å². The summed E-state index contributed by atoms with van der Waals surface area (Å²) in [4.78, 5) is 48.3. The van der Waals surface area contributed by atoms with Crippen LogP contribution < -0.4 is 11.1 Å². The van der Waals surface area contributed by atoms with Crippen molar-refractivity contribution in [3.63, 3.8) is 0 Å². The smallest absolute Gasteiger partial charge is 0.327 e. The predicted molar refractivity (Wildman–Crippen MR) is 112 cm³/mol. The predicted octanol–water partition coefficient (Wildman–Crippen LogP) is 1.02. The van der Waals surface area contributed by atoms with Crippen LogP contribution in [0.2, 0.25) is 0 Å². The van der Waals surface area contributed by atoms with Gasteiger partial charge in [0.25, 0.3) is 5.91 Å². The molecular weight excluding hydrogens is 430 g/mol. The third-order valence-electron chi connectivity index (χ3n) is 5.54. The summed E-state index contributed by atoms with van der Waals surface area (Å²) in [5, 5.41) is 17.7. The maximum atomic E-state index is 13.0. The first-order valence-corrected chi connectivity index (χ1v) is 11.4. The lowest BCUT2D eigenvalue weighted by Gasteiger charge is -2.43. The number of carbonyl (C=O) groups is 3. The fourth-order valence-electron chi connectivity index (χ4n) is 4.08. The van der Waals surface area contributed by atoms with Crippen LogP contribution in [0.3, 0.4) is 0 Å². The molecule has 2 saturated heterocycles. The number of nitrogens with one attached hydrogen (secondary N) is 1. The number of amides is 2. The van der Waals surface area contributed by atoms with Crippen molar-refractivity contribution in [1.29, 1.82) is 0 Å². The van der Waals surface area contributed by atoms with E-state index in [1.807, 2.05) is 0 Å². The summed E-state index contributed by atoms with van der Waals surface area (Å²) in [6.07, 6.45) is 3.80. The molecule has 162 valence electrons. The summed E-state index contributed by atoms with van der Waals surface area (Å²) in [5.74, 6) is -2.08. The van der Waals surface area contributed by atoms with Crippen molar-refractivity contribution in [2.45, 2.75) is 67.8 Å². The highest BCUT2D eigenvalue weighted by Crippen LogP contribution is 2.50. The van der Waals surface area contributed by atoms with Crippen LogP contribution in [0, 0.1) is 0 Å². The van der Waals surface area contributed by atoms with E-state index in [1.165, 1.54) is 28.0 Å². The molecule has 0 spiro atoms. The molecular formula is C18H23N5O5S2. The number of nitrogens with two attached hydrogens (primary N) is 1. The van der Waals surface area contributed by atoms with Crippen LogP contribution in [0.25, 0.3) is 0 Å². The van der Waals surface area contributed by atoms with Crippen molar-refractivity contribution in [2.24, 2.45) is 5.16 Å². The van der Waals surface area contributed by atoms with Gasteiger partial charge in [-0.1, -0.05) is 5.16 Å². The second-order valence-corrected chi connectivity index (χ2v) is 10.7. The molecule has 2 amide bonds. The maximum Gasteiger partial charge on any atom is 0.327 e. The maximum absolute atomic E-state index is 13.0. The van der Waals surface area contributed by atoms with Crippen molar-refractivity contribution >= 4 is 51.7 Å². The number of aromatic nitrogens is 1. The summed E-state index contributed by atoms with van der Waals surface area (Å²) in [6, 6.07) is -1.77. The highest BCUT2D eigenvalue weighted by molar-refractivity contribution is 8.01. The third kappa shape index (κ3) is 3.62. The number of carboxylic acid groups (broad SMARTS) is 1. The molecule has 10 nitrogen and oxygen atoms in total. The number of thioether (sulfide) groups is 1. The molecule has 0 radical (unpaired) electrons. The van der Waals surface area contributed by atoms with Gasteiger partial charge >= 0.3 is 5.97 Å². The van der Waals surface area contributed by atoms with Gasteiger partial charge < -0.3 is 25.9 Å². The summed E-state index contributed by atoms with van der Waals surface area (Å²) in [6.45, 7) is 3.56. The Bertz CT molecular complexity index is 911. The summed E-state index contributed by atoms with van der Waals surface area (Å²) < 4.78 is -0.669. The van der Waals surface area contributed by atoms with Crippen molar-refractivity contribution in [3.8, 4) is 0 Å². The number of carbonyl (C=O) groups excluding carboxylic acids is 2. The Balaban J connectivity index is 1.51. The van der Waals surface area contributed by atoms with E-state index in [-0.39, 0.29) is 22.6 Å². The fourth-order valence-corrected chi connectivity index (χ4v) is 6.25. The van der Waals surface area contributed by atoms with Crippen molar-refractivity contribution in [1.82, 2.24) is 15.2 Å². The number of anilines is 1. The van der Waals surface area contributed by atoms with Crippen molar-refractivity contribution in [3.05, 3.63) is 11.1 Å². The molecule has 0 unspecified atom stereocenters. The van der Waals surface area contributed by atoms with Crippen LogP contribution in [0.1, 0.15) is 45.2 Å². The molecule has 4 N–H and O–H groups in total. The minimum Gasteiger partial charge on any atom is -0.480 e. The molecule has 3 fully saturated rings. The van der Waals surface area contributed by atoms with E-state index in [4.69, 9.17) is 10.6 Å². The van der Waals surface area contributed by atoms with Gasteiger partial charge in [0, 0.05) is 10.1 Å². The van der Waals surface area contributed by atoms with E-state index < -0.39 is 40.0 Å². The molecule has 3 aliphatic rings. The van der Waals surface area contributed by atoms with Crippen LogP contribution in [-0.2, 0) is 19.2 Å². The molecule has 0 aromatic carbocycles. The fraction of sp³-hybridized carbons (Fsp3) is 0.611. The Morgan fingerprint density at radius 1 is 1.40 bits per heavy atom. The van der Waals surface area contributed by atoms with E-state index in [9.17, 15) is 19.5 Å². The third-order valence-corrected chi connectivity index (χ3v) is 7.78. The first kappa shape index (κ1) is 20.9. The lowest BCUT2D eigenvalue weighted by molar-refractivity contribution is -0.160.